The molecule has 2 nitrogen and oxygen atoms in total. The van der Waals surface area contributed by atoms with Crippen LogP contribution in [0.3, 0.4) is 0 Å². The van der Waals surface area contributed by atoms with Gasteiger partial charge in [-0.1, -0.05) is 30.3 Å². The van der Waals surface area contributed by atoms with Gasteiger partial charge in [0.25, 0.3) is 0 Å². The summed E-state index contributed by atoms with van der Waals surface area (Å²) in [6.45, 7) is 1.96. The molecule has 5 aliphatic rings. The standard InChI is InChI=1S/C20H25NO/c1-2-4-18(5-3-1)19-12-21(14-22-19)13-20-9-15-6-16(10-20)8-17(7-15)11-20/h1-5,12,15-17H,6-11,13-14H2. The van der Waals surface area contributed by atoms with Crippen LogP contribution in [0, 0.1) is 23.2 Å². The topological polar surface area (TPSA) is 12.5 Å². The Labute approximate surface area is 133 Å². The van der Waals surface area contributed by atoms with Gasteiger partial charge in [-0.05, 0) is 61.7 Å². The van der Waals surface area contributed by atoms with Gasteiger partial charge in [0.15, 0.2) is 6.73 Å². The summed E-state index contributed by atoms with van der Waals surface area (Å²) in [4.78, 5) is 2.44. The van der Waals surface area contributed by atoms with Gasteiger partial charge in [0.05, 0.1) is 0 Å². The van der Waals surface area contributed by atoms with Crippen LogP contribution in [-0.4, -0.2) is 18.2 Å². The second-order valence-corrected chi connectivity index (χ2v) is 8.30. The van der Waals surface area contributed by atoms with E-state index in [-0.39, 0.29) is 0 Å². The molecular formula is C20H25NO. The van der Waals surface area contributed by atoms with Crippen LogP contribution in [0.4, 0.5) is 0 Å². The third-order valence-electron chi connectivity index (χ3n) is 6.45. The van der Waals surface area contributed by atoms with E-state index in [1.807, 2.05) is 0 Å². The van der Waals surface area contributed by atoms with E-state index in [0.29, 0.717) is 5.41 Å². The van der Waals surface area contributed by atoms with E-state index in [2.05, 4.69) is 41.4 Å². The summed E-state index contributed by atoms with van der Waals surface area (Å²) in [5.74, 6) is 4.15. The van der Waals surface area contributed by atoms with Crippen molar-refractivity contribution in [1.82, 2.24) is 4.90 Å². The molecule has 0 radical (unpaired) electrons. The van der Waals surface area contributed by atoms with Crippen LogP contribution in [0.5, 0.6) is 0 Å². The lowest BCUT2D eigenvalue weighted by Gasteiger charge is -2.57. The first-order valence-electron chi connectivity index (χ1n) is 8.92. The highest BCUT2D eigenvalue weighted by molar-refractivity contribution is 5.60. The van der Waals surface area contributed by atoms with E-state index in [1.54, 1.807) is 0 Å². The summed E-state index contributed by atoms with van der Waals surface area (Å²) in [6, 6.07) is 10.5. The van der Waals surface area contributed by atoms with E-state index in [1.165, 1.54) is 50.6 Å². The largest absolute Gasteiger partial charge is 0.471 e. The maximum absolute atomic E-state index is 5.95. The van der Waals surface area contributed by atoms with Crippen LogP contribution in [0.2, 0.25) is 0 Å². The van der Waals surface area contributed by atoms with Gasteiger partial charge in [-0.3, -0.25) is 0 Å². The Morgan fingerprint density at radius 3 is 2.23 bits per heavy atom. The third-order valence-corrected chi connectivity index (χ3v) is 6.45. The average Bonchev–Trinajstić information content (AvgIpc) is 2.94. The van der Waals surface area contributed by atoms with Gasteiger partial charge >= 0.3 is 0 Å². The zero-order chi connectivity index (χ0) is 14.6. The van der Waals surface area contributed by atoms with Crippen LogP contribution in [0.25, 0.3) is 5.76 Å². The van der Waals surface area contributed by atoms with E-state index < -0.39 is 0 Å². The molecule has 6 rings (SSSR count). The van der Waals surface area contributed by atoms with Gasteiger partial charge in [-0.15, -0.1) is 0 Å². The Hall–Kier alpha value is -1.44. The van der Waals surface area contributed by atoms with Crippen LogP contribution < -0.4 is 0 Å². The Morgan fingerprint density at radius 2 is 1.59 bits per heavy atom. The third kappa shape index (κ3) is 2.15. The van der Waals surface area contributed by atoms with Crippen molar-refractivity contribution in [3.8, 4) is 0 Å². The molecule has 0 amide bonds. The molecule has 4 saturated carbocycles. The minimum absolute atomic E-state index is 0.598. The van der Waals surface area contributed by atoms with Crippen LogP contribution in [-0.2, 0) is 4.74 Å². The summed E-state index contributed by atoms with van der Waals surface area (Å²) < 4.78 is 5.95. The number of hydrogen-bond acceptors (Lipinski definition) is 2. The number of hydrogen-bond donors (Lipinski definition) is 0. The summed E-state index contributed by atoms with van der Waals surface area (Å²) in [7, 11) is 0. The number of nitrogens with zero attached hydrogens (tertiary/aromatic N) is 1. The molecule has 4 bridgehead atoms. The first-order chi connectivity index (χ1) is 10.8. The first-order valence-corrected chi connectivity index (χ1v) is 8.92. The van der Waals surface area contributed by atoms with Crippen LogP contribution >= 0.6 is 0 Å². The van der Waals surface area contributed by atoms with E-state index in [9.17, 15) is 0 Å². The molecule has 22 heavy (non-hydrogen) atoms. The molecule has 0 saturated heterocycles. The molecule has 0 unspecified atom stereocenters. The predicted octanol–water partition coefficient (Wildman–Crippen LogP) is 4.49. The van der Waals surface area contributed by atoms with E-state index >= 15 is 0 Å². The molecule has 0 N–H and O–H groups in total. The molecule has 1 aliphatic heterocycles. The van der Waals surface area contributed by atoms with E-state index in [4.69, 9.17) is 4.74 Å². The minimum Gasteiger partial charge on any atom is -0.471 e. The van der Waals surface area contributed by atoms with E-state index in [0.717, 1.165) is 30.2 Å². The molecule has 0 aromatic heterocycles. The highest BCUT2D eigenvalue weighted by Gasteiger charge is 2.51. The molecule has 0 spiro atoms. The van der Waals surface area contributed by atoms with Crippen molar-refractivity contribution in [2.75, 3.05) is 13.3 Å². The molecule has 1 aromatic rings. The molecule has 4 aliphatic carbocycles. The highest BCUT2D eigenvalue weighted by Crippen LogP contribution is 2.60. The van der Waals surface area contributed by atoms with Crippen LogP contribution in [0.1, 0.15) is 44.1 Å². The fraction of sp³-hybridized carbons (Fsp3) is 0.600. The zero-order valence-electron chi connectivity index (χ0n) is 13.2. The molecule has 4 fully saturated rings. The normalized spacial score (nSPS) is 39.0. The van der Waals surface area contributed by atoms with Gasteiger partial charge in [0.2, 0.25) is 0 Å². The van der Waals surface area contributed by atoms with Crippen molar-refractivity contribution >= 4 is 5.76 Å². The maximum Gasteiger partial charge on any atom is 0.161 e. The van der Waals surface area contributed by atoms with Crippen molar-refractivity contribution in [1.29, 1.82) is 0 Å². The predicted molar refractivity (Wildman–Crippen MR) is 87.7 cm³/mol. The molecule has 116 valence electrons. The Bertz CT molecular complexity index is 556. The lowest BCUT2D eigenvalue weighted by molar-refractivity contribution is -0.0676. The lowest BCUT2D eigenvalue weighted by atomic mass is 9.49. The monoisotopic (exact) mass is 295 g/mol. The molecule has 2 heteroatoms. The van der Waals surface area contributed by atoms with Crippen molar-refractivity contribution in [3.63, 3.8) is 0 Å². The number of benzene rings is 1. The Morgan fingerprint density at radius 1 is 0.955 bits per heavy atom. The maximum atomic E-state index is 5.95. The average molecular weight is 295 g/mol. The van der Waals surface area contributed by atoms with Crippen molar-refractivity contribution in [2.45, 2.75) is 38.5 Å². The Kier molecular flexibility index (Phi) is 2.83. The van der Waals surface area contributed by atoms with Crippen LogP contribution in [0.15, 0.2) is 36.5 Å². The molecule has 1 aromatic carbocycles. The molecule has 0 atom stereocenters. The van der Waals surface area contributed by atoms with Gasteiger partial charge in [-0.2, -0.15) is 0 Å². The van der Waals surface area contributed by atoms with Crippen molar-refractivity contribution in [3.05, 3.63) is 42.1 Å². The SMILES string of the molecule is C1=C(c2ccccc2)OCN1CC12CC3CC(CC(C3)C1)C2. The minimum atomic E-state index is 0.598. The van der Waals surface area contributed by atoms with Gasteiger partial charge in [0, 0.05) is 18.3 Å². The second kappa shape index (κ2) is 4.78. The summed E-state index contributed by atoms with van der Waals surface area (Å²) >= 11 is 0. The number of rotatable bonds is 3. The van der Waals surface area contributed by atoms with Gasteiger partial charge in [-0.25, -0.2) is 0 Å². The van der Waals surface area contributed by atoms with Crippen molar-refractivity contribution in [2.24, 2.45) is 23.2 Å². The fourth-order valence-electron chi connectivity index (χ4n) is 6.16. The molecular weight excluding hydrogens is 270 g/mol. The lowest BCUT2D eigenvalue weighted by Crippen LogP contribution is -2.50. The van der Waals surface area contributed by atoms with Gasteiger partial charge in [0.1, 0.15) is 5.76 Å². The molecule has 1 heterocycles. The fourth-order valence-corrected chi connectivity index (χ4v) is 6.16. The second-order valence-electron chi connectivity index (χ2n) is 8.30. The summed E-state index contributed by atoms with van der Waals surface area (Å²) in [5.41, 5.74) is 1.80. The quantitative estimate of drug-likeness (QED) is 0.814. The Balaban J connectivity index is 1.34. The van der Waals surface area contributed by atoms with Gasteiger partial charge < -0.3 is 9.64 Å². The first kappa shape index (κ1) is 13.0. The smallest absolute Gasteiger partial charge is 0.161 e. The van der Waals surface area contributed by atoms with Crippen molar-refractivity contribution < 1.29 is 4.74 Å². The summed E-state index contributed by atoms with van der Waals surface area (Å²) in [5, 5.41) is 0. The summed E-state index contributed by atoms with van der Waals surface area (Å²) in [6.07, 6.45) is 11.3. The zero-order valence-corrected chi connectivity index (χ0v) is 13.2. The number of ether oxygens (including phenoxy) is 1. The highest BCUT2D eigenvalue weighted by atomic mass is 16.5.